The number of nitrogen functional groups attached to an aromatic ring is 1. The lowest BCUT2D eigenvalue weighted by molar-refractivity contribution is -0.136. The van der Waals surface area contributed by atoms with Crippen LogP contribution in [0.2, 0.25) is 0 Å². The van der Waals surface area contributed by atoms with Crippen LogP contribution in [0.25, 0.3) is 0 Å². The van der Waals surface area contributed by atoms with Gasteiger partial charge in [-0.25, -0.2) is 0 Å². The third-order valence-electron chi connectivity index (χ3n) is 1.44. The van der Waals surface area contributed by atoms with Crippen molar-refractivity contribution in [2.45, 2.75) is 6.42 Å². The number of carboxylic acid groups (broad SMARTS) is 1. The van der Waals surface area contributed by atoms with E-state index >= 15 is 0 Å². The second-order valence-electron chi connectivity index (χ2n) is 2.40. The van der Waals surface area contributed by atoms with E-state index in [1.165, 1.54) is 0 Å². The summed E-state index contributed by atoms with van der Waals surface area (Å²) in [6.45, 7) is 0. The monoisotopic (exact) mass is 184 g/mol. The minimum atomic E-state index is -1.09. The van der Waals surface area contributed by atoms with E-state index in [9.17, 15) is 9.59 Å². The fraction of sp³-hybridized carbons (Fsp3) is 0.167. The van der Waals surface area contributed by atoms with Gasteiger partial charge < -0.3 is 16.6 Å². The molecular formula is C6H8N4O3. The molecule has 13 heavy (non-hydrogen) atoms. The Hall–Kier alpha value is -2.05. The number of aromatic amines is 1. The predicted molar refractivity (Wildman–Crippen MR) is 42.9 cm³/mol. The first kappa shape index (κ1) is 9.04. The number of aliphatic carboxylic acids is 1. The van der Waals surface area contributed by atoms with Crippen molar-refractivity contribution in [1.29, 1.82) is 0 Å². The zero-order valence-corrected chi connectivity index (χ0v) is 6.57. The number of carboxylic acids is 1. The smallest absolute Gasteiger partial charge is 0.309 e. The third kappa shape index (κ3) is 1.75. The maximum atomic E-state index is 10.8. The van der Waals surface area contributed by atoms with Gasteiger partial charge in [0.05, 0.1) is 12.1 Å². The van der Waals surface area contributed by atoms with E-state index in [1.807, 2.05) is 0 Å². The molecule has 0 aliphatic rings. The maximum Gasteiger partial charge on any atom is 0.309 e. The molecule has 7 nitrogen and oxygen atoms in total. The SMILES string of the molecule is NC(=O)c1c(N)n[nH]c1CC(=O)O. The zero-order valence-electron chi connectivity index (χ0n) is 6.57. The van der Waals surface area contributed by atoms with Crippen molar-refractivity contribution in [3.8, 4) is 0 Å². The highest BCUT2D eigenvalue weighted by Gasteiger charge is 2.17. The van der Waals surface area contributed by atoms with Gasteiger partial charge in [0.1, 0.15) is 5.56 Å². The van der Waals surface area contributed by atoms with Crippen molar-refractivity contribution in [1.82, 2.24) is 10.2 Å². The summed E-state index contributed by atoms with van der Waals surface area (Å²) in [4.78, 5) is 21.1. The normalized spacial score (nSPS) is 9.85. The van der Waals surface area contributed by atoms with Crippen LogP contribution in [0.5, 0.6) is 0 Å². The quantitative estimate of drug-likeness (QED) is 0.463. The van der Waals surface area contributed by atoms with Gasteiger partial charge in [-0.3, -0.25) is 14.7 Å². The van der Waals surface area contributed by atoms with Crippen molar-refractivity contribution in [3.05, 3.63) is 11.3 Å². The van der Waals surface area contributed by atoms with Crippen LogP contribution in [0.4, 0.5) is 5.82 Å². The first-order valence-electron chi connectivity index (χ1n) is 3.36. The van der Waals surface area contributed by atoms with E-state index in [4.69, 9.17) is 16.6 Å². The van der Waals surface area contributed by atoms with Crippen LogP contribution < -0.4 is 11.5 Å². The predicted octanol–water partition coefficient (Wildman–Crippen LogP) is -1.28. The minimum absolute atomic E-state index is 0.0533. The molecule has 1 aromatic rings. The van der Waals surface area contributed by atoms with E-state index < -0.39 is 11.9 Å². The lowest BCUT2D eigenvalue weighted by atomic mass is 10.2. The summed E-state index contributed by atoms with van der Waals surface area (Å²) in [5.41, 5.74) is 10.3. The number of amides is 1. The number of nitrogens with two attached hydrogens (primary N) is 2. The lowest BCUT2D eigenvalue weighted by Gasteiger charge is -1.95. The summed E-state index contributed by atoms with van der Waals surface area (Å²) < 4.78 is 0. The standard InChI is InChI=1S/C6H8N4O3/c7-5-4(6(8)13)2(9-10-5)1-3(11)12/h1H2,(H2,8,13)(H,11,12)(H3,7,9,10). The average molecular weight is 184 g/mol. The Morgan fingerprint density at radius 3 is 2.62 bits per heavy atom. The van der Waals surface area contributed by atoms with Crippen LogP contribution in [0, 0.1) is 0 Å². The number of carbonyl (C=O) groups is 2. The molecule has 0 aliphatic carbocycles. The Morgan fingerprint density at radius 1 is 1.54 bits per heavy atom. The van der Waals surface area contributed by atoms with Crippen molar-refractivity contribution in [3.63, 3.8) is 0 Å². The van der Waals surface area contributed by atoms with Crippen molar-refractivity contribution < 1.29 is 14.7 Å². The molecule has 0 unspecified atom stereocenters. The van der Waals surface area contributed by atoms with Gasteiger partial charge >= 0.3 is 5.97 Å². The van der Waals surface area contributed by atoms with Crippen LogP contribution >= 0.6 is 0 Å². The Morgan fingerprint density at radius 2 is 2.15 bits per heavy atom. The molecule has 0 saturated heterocycles. The Balaban J connectivity index is 3.07. The Kier molecular flexibility index (Phi) is 2.18. The molecule has 0 radical (unpaired) electrons. The summed E-state index contributed by atoms with van der Waals surface area (Å²) in [6, 6.07) is 0. The first-order valence-corrected chi connectivity index (χ1v) is 3.36. The number of rotatable bonds is 3. The van der Waals surface area contributed by atoms with Crippen LogP contribution in [0.15, 0.2) is 0 Å². The number of nitrogens with zero attached hydrogens (tertiary/aromatic N) is 1. The first-order chi connectivity index (χ1) is 6.02. The number of primary amides is 1. The topological polar surface area (TPSA) is 135 Å². The summed E-state index contributed by atoms with van der Waals surface area (Å²) >= 11 is 0. The zero-order chi connectivity index (χ0) is 10.0. The summed E-state index contributed by atoms with van der Waals surface area (Å²) in [5, 5.41) is 14.3. The van der Waals surface area contributed by atoms with Crippen molar-refractivity contribution in [2.24, 2.45) is 5.73 Å². The number of hydrogen-bond acceptors (Lipinski definition) is 4. The molecule has 1 aromatic heterocycles. The number of nitrogens with one attached hydrogen (secondary N) is 1. The fourth-order valence-electron chi connectivity index (χ4n) is 0.948. The molecule has 0 aromatic carbocycles. The van der Waals surface area contributed by atoms with Crippen LogP contribution in [-0.2, 0) is 11.2 Å². The molecule has 0 aliphatic heterocycles. The van der Waals surface area contributed by atoms with Crippen molar-refractivity contribution >= 4 is 17.7 Å². The largest absolute Gasteiger partial charge is 0.481 e. The lowest BCUT2D eigenvalue weighted by Crippen LogP contribution is -2.16. The molecular weight excluding hydrogens is 176 g/mol. The van der Waals surface area contributed by atoms with E-state index in [0.717, 1.165) is 0 Å². The highest BCUT2D eigenvalue weighted by Crippen LogP contribution is 2.12. The average Bonchev–Trinajstić information content (AvgIpc) is 2.30. The molecule has 0 atom stereocenters. The number of H-pyrrole nitrogens is 1. The highest BCUT2D eigenvalue weighted by molar-refractivity contribution is 5.99. The number of aromatic nitrogens is 2. The van der Waals surface area contributed by atoms with E-state index in [-0.39, 0.29) is 23.5 Å². The molecule has 7 heteroatoms. The van der Waals surface area contributed by atoms with Gasteiger partial charge in [-0.1, -0.05) is 0 Å². The van der Waals surface area contributed by atoms with Gasteiger partial charge in [-0.05, 0) is 0 Å². The Bertz CT molecular complexity index is 357. The molecule has 1 heterocycles. The molecule has 0 fully saturated rings. The van der Waals surface area contributed by atoms with Crippen LogP contribution in [0.1, 0.15) is 16.1 Å². The number of carbonyl (C=O) groups excluding carboxylic acids is 1. The molecule has 0 saturated carbocycles. The fourth-order valence-corrected chi connectivity index (χ4v) is 0.948. The Labute approximate surface area is 72.7 Å². The summed E-state index contributed by atoms with van der Waals surface area (Å²) in [5.74, 6) is -1.96. The third-order valence-corrected chi connectivity index (χ3v) is 1.44. The van der Waals surface area contributed by atoms with Gasteiger partial charge in [-0.15, -0.1) is 0 Å². The number of anilines is 1. The van der Waals surface area contributed by atoms with Gasteiger partial charge in [0.2, 0.25) is 0 Å². The van der Waals surface area contributed by atoms with Gasteiger partial charge in [-0.2, -0.15) is 5.10 Å². The highest BCUT2D eigenvalue weighted by atomic mass is 16.4. The summed E-state index contributed by atoms with van der Waals surface area (Å²) in [6.07, 6.45) is -0.359. The van der Waals surface area contributed by atoms with Crippen molar-refractivity contribution in [2.75, 3.05) is 5.73 Å². The molecule has 1 amide bonds. The maximum absolute atomic E-state index is 10.8. The second-order valence-corrected chi connectivity index (χ2v) is 2.40. The molecule has 0 bridgehead atoms. The second kappa shape index (κ2) is 3.13. The van der Waals surface area contributed by atoms with Crippen LogP contribution in [-0.4, -0.2) is 27.2 Å². The summed E-state index contributed by atoms with van der Waals surface area (Å²) in [7, 11) is 0. The minimum Gasteiger partial charge on any atom is -0.481 e. The van der Waals surface area contributed by atoms with Gasteiger partial charge in [0, 0.05) is 0 Å². The number of hydrogen-bond donors (Lipinski definition) is 4. The molecule has 1 rings (SSSR count). The molecule has 0 spiro atoms. The molecule has 70 valence electrons. The van der Waals surface area contributed by atoms with E-state index in [2.05, 4.69) is 10.2 Å². The van der Waals surface area contributed by atoms with Gasteiger partial charge in [0.15, 0.2) is 5.82 Å². The van der Waals surface area contributed by atoms with E-state index in [0.29, 0.717) is 0 Å². The molecule has 6 N–H and O–H groups in total. The van der Waals surface area contributed by atoms with Gasteiger partial charge in [0.25, 0.3) is 5.91 Å². The van der Waals surface area contributed by atoms with Crippen LogP contribution in [0.3, 0.4) is 0 Å². The van der Waals surface area contributed by atoms with E-state index in [1.54, 1.807) is 0 Å².